The standard InChI is InChI=1S/C6H7O3P.CH5N3/c7-10(8)9-6-4-2-1-3-5-6;2-1(3)4/h1-5,10H,(H,7,8);(H5,2,3,4). The Bertz CT molecular complexity index is 300. The lowest BCUT2D eigenvalue weighted by Gasteiger charge is -1.98. The van der Waals surface area contributed by atoms with Crippen LogP contribution in [0, 0.1) is 5.41 Å². The Morgan fingerprint density at radius 3 is 2.14 bits per heavy atom. The summed E-state index contributed by atoms with van der Waals surface area (Å²) in [5.41, 5.74) is 8.94. The minimum Gasteiger partial charge on any atom is -0.426 e. The molecular formula is C7H12N3O3P. The second-order valence-electron chi connectivity index (χ2n) is 2.14. The van der Waals surface area contributed by atoms with E-state index in [-0.39, 0.29) is 5.96 Å². The van der Waals surface area contributed by atoms with E-state index in [0.29, 0.717) is 5.75 Å². The van der Waals surface area contributed by atoms with Gasteiger partial charge in [0.15, 0.2) is 5.96 Å². The highest BCUT2D eigenvalue weighted by Crippen LogP contribution is 2.21. The Labute approximate surface area is 82.0 Å². The third-order valence-corrected chi connectivity index (χ3v) is 1.36. The molecule has 0 heterocycles. The van der Waals surface area contributed by atoms with Crippen LogP contribution in [-0.2, 0) is 4.57 Å². The van der Waals surface area contributed by atoms with E-state index in [2.05, 4.69) is 16.0 Å². The van der Waals surface area contributed by atoms with Crippen molar-refractivity contribution < 1.29 is 14.0 Å². The number of hydrogen-bond acceptors (Lipinski definition) is 3. The van der Waals surface area contributed by atoms with Crippen molar-refractivity contribution in [3.8, 4) is 5.75 Å². The lowest BCUT2D eigenvalue weighted by molar-refractivity contribution is 0.410. The second-order valence-corrected chi connectivity index (χ2v) is 2.87. The summed E-state index contributed by atoms with van der Waals surface area (Å²) in [6.07, 6.45) is 0. The van der Waals surface area contributed by atoms with Crippen LogP contribution in [-0.4, -0.2) is 10.9 Å². The third kappa shape index (κ3) is 8.58. The van der Waals surface area contributed by atoms with Crippen LogP contribution in [0.25, 0.3) is 0 Å². The summed E-state index contributed by atoms with van der Waals surface area (Å²) in [4.78, 5) is 8.33. The summed E-state index contributed by atoms with van der Waals surface area (Å²) < 4.78 is 14.6. The van der Waals surface area contributed by atoms with Crippen LogP contribution in [0.4, 0.5) is 0 Å². The average Bonchev–Trinajstić information content (AvgIpc) is 2.03. The number of guanidine groups is 1. The largest absolute Gasteiger partial charge is 0.426 e. The molecule has 0 radical (unpaired) electrons. The molecule has 6 nitrogen and oxygen atoms in total. The topological polar surface area (TPSA) is 122 Å². The second kappa shape index (κ2) is 6.94. The molecule has 0 spiro atoms. The number of nitrogens with one attached hydrogen (secondary N) is 1. The van der Waals surface area contributed by atoms with Gasteiger partial charge in [-0.3, -0.25) is 5.41 Å². The normalized spacial score (nSPS) is 10.6. The van der Waals surface area contributed by atoms with Crippen molar-refractivity contribution in [2.45, 2.75) is 0 Å². The van der Waals surface area contributed by atoms with Gasteiger partial charge in [0.2, 0.25) is 0 Å². The number of para-hydroxylation sites is 1. The average molecular weight is 217 g/mol. The summed E-state index contributed by atoms with van der Waals surface area (Å²) in [6.45, 7) is 0. The molecule has 78 valence electrons. The van der Waals surface area contributed by atoms with Crippen molar-refractivity contribution >= 4 is 14.2 Å². The first-order chi connectivity index (χ1) is 6.52. The van der Waals surface area contributed by atoms with Crippen LogP contribution in [0.3, 0.4) is 0 Å². The molecule has 0 amide bonds. The first-order valence-corrected chi connectivity index (χ1v) is 4.84. The van der Waals surface area contributed by atoms with Gasteiger partial charge in [0, 0.05) is 0 Å². The van der Waals surface area contributed by atoms with Crippen LogP contribution < -0.4 is 16.0 Å². The number of benzene rings is 1. The fraction of sp³-hybridized carbons (Fsp3) is 0. The molecular weight excluding hydrogens is 205 g/mol. The molecule has 1 atom stereocenters. The van der Waals surface area contributed by atoms with Crippen molar-refractivity contribution in [2.24, 2.45) is 11.5 Å². The van der Waals surface area contributed by atoms with Crippen LogP contribution in [0.15, 0.2) is 30.3 Å². The van der Waals surface area contributed by atoms with Gasteiger partial charge in [-0.2, -0.15) is 0 Å². The zero-order valence-corrected chi connectivity index (χ0v) is 8.31. The van der Waals surface area contributed by atoms with Crippen LogP contribution >= 0.6 is 8.25 Å². The SMILES string of the molecule is N=C(N)N.O=[PH](O)Oc1ccccc1. The lowest BCUT2D eigenvalue weighted by Crippen LogP contribution is -2.20. The quantitative estimate of drug-likeness (QED) is 0.322. The molecule has 1 rings (SSSR count). The summed E-state index contributed by atoms with van der Waals surface area (Å²) in [5, 5.41) is 6.06. The minimum absolute atomic E-state index is 0.333. The predicted molar refractivity (Wildman–Crippen MR) is 54.4 cm³/mol. The Kier molecular flexibility index (Phi) is 6.19. The maximum absolute atomic E-state index is 10.1. The van der Waals surface area contributed by atoms with E-state index in [1.807, 2.05) is 0 Å². The zero-order valence-electron chi connectivity index (χ0n) is 7.31. The van der Waals surface area contributed by atoms with Crippen molar-refractivity contribution in [1.29, 1.82) is 5.41 Å². The van der Waals surface area contributed by atoms with Gasteiger partial charge in [-0.05, 0) is 12.1 Å². The Balaban J connectivity index is 0.000000364. The summed E-state index contributed by atoms with van der Waals surface area (Å²) in [6, 6.07) is 8.53. The maximum atomic E-state index is 10.1. The van der Waals surface area contributed by atoms with Crippen molar-refractivity contribution in [3.05, 3.63) is 30.3 Å². The Morgan fingerprint density at radius 2 is 1.79 bits per heavy atom. The first-order valence-electron chi connectivity index (χ1n) is 3.57. The van der Waals surface area contributed by atoms with Gasteiger partial charge in [0.05, 0.1) is 0 Å². The van der Waals surface area contributed by atoms with Gasteiger partial charge in [-0.1, -0.05) is 18.2 Å². The van der Waals surface area contributed by atoms with E-state index in [4.69, 9.17) is 10.3 Å². The number of rotatable bonds is 2. The van der Waals surface area contributed by atoms with E-state index in [1.54, 1.807) is 30.3 Å². The summed E-state index contributed by atoms with van der Waals surface area (Å²) in [5.74, 6) is 0.0916. The molecule has 1 aromatic rings. The van der Waals surface area contributed by atoms with Crippen LogP contribution in [0.1, 0.15) is 0 Å². The smallest absolute Gasteiger partial charge is 0.365 e. The van der Waals surface area contributed by atoms with Gasteiger partial charge >= 0.3 is 8.25 Å². The van der Waals surface area contributed by atoms with Crippen LogP contribution in [0.5, 0.6) is 5.75 Å². The van der Waals surface area contributed by atoms with E-state index >= 15 is 0 Å². The molecule has 7 heteroatoms. The molecule has 14 heavy (non-hydrogen) atoms. The molecule has 1 unspecified atom stereocenters. The fourth-order valence-corrected chi connectivity index (χ4v) is 0.927. The summed E-state index contributed by atoms with van der Waals surface area (Å²) in [7, 11) is -2.84. The van der Waals surface area contributed by atoms with E-state index in [9.17, 15) is 4.57 Å². The lowest BCUT2D eigenvalue weighted by atomic mass is 10.3. The van der Waals surface area contributed by atoms with E-state index in [0.717, 1.165) is 0 Å². The van der Waals surface area contributed by atoms with E-state index in [1.165, 1.54) is 0 Å². The molecule has 0 saturated carbocycles. The van der Waals surface area contributed by atoms with Gasteiger partial charge < -0.3 is 20.9 Å². The van der Waals surface area contributed by atoms with E-state index < -0.39 is 8.25 Å². The Morgan fingerprint density at radius 1 is 1.36 bits per heavy atom. The van der Waals surface area contributed by atoms with Gasteiger partial charge in [0.25, 0.3) is 0 Å². The highest BCUT2D eigenvalue weighted by Gasteiger charge is 1.92. The first kappa shape index (κ1) is 12.5. The van der Waals surface area contributed by atoms with Crippen LogP contribution in [0.2, 0.25) is 0 Å². The van der Waals surface area contributed by atoms with Crippen molar-refractivity contribution in [3.63, 3.8) is 0 Å². The molecule has 0 aromatic heterocycles. The summed E-state index contributed by atoms with van der Waals surface area (Å²) >= 11 is 0. The number of hydrogen-bond donors (Lipinski definition) is 4. The third-order valence-electron chi connectivity index (χ3n) is 0.948. The molecule has 0 aliphatic carbocycles. The van der Waals surface area contributed by atoms with Gasteiger partial charge in [0.1, 0.15) is 5.75 Å². The molecule has 1 aromatic carbocycles. The molecule has 0 bridgehead atoms. The zero-order chi connectivity index (χ0) is 11.0. The van der Waals surface area contributed by atoms with Gasteiger partial charge in [-0.15, -0.1) is 0 Å². The molecule has 0 aliphatic heterocycles. The highest BCUT2D eigenvalue weighted by molar-refractivity contribution is 7.32. The Hall–Kier alpha value is -1.52. The maximum Gasteiger partial charge on any atom is 0.365 e. The highest BCUT2D eigenvalue weighted by atomic mass is 31.1. The minimum atomic E-state index is -2.84. The molecule has 0 aliphatic rings. The van der Waals surface area contributed by atoms with Gasteiger partial charge in [-0.25, -0.2) is 4.57 Å². The number of nitrogens with two attached hydrogens (primary N) is 2. The molecule has 0 saturated heterocycles. The molecule has 6 N–H and O–H groups in total. The fourth-order valence-electron chi connectivity index (χ4n) is 0.589. The van der Waals surface area contributed by atoms with Crippen molar-refractivity contribution in [2.75, 3.05) is 0 Å². The van der Waals surface area contributed by atoms with Crippen molar-refractivity contribution in [1.82, 2.24) is 0 Å². The molecule has 0 fully saturated rings. The predicted octanol–water partition coefficient (Wildman–Crippen LogP) is 0.286. The monoisotopic (exact) mass is 217 g/mol.